The molecule has 0 saturated heterocycles. The summed E-state index contributed by atoms with van der Waals surface area (Å²) in [5.41, 5.74) is -5.77. The van der Waals surface area contributed by atoms with Crippen LogP contribution in [-0.2, 0) is 23.7 Å². The Balaban J connectivity index is 2.17. The maximum absolute atomic E-state index is 14.6. The molecule has 0 aliphatic carbocycles. The van der Waals surface area contributed by atoms with Gasteiger partial charge in [-0.25, -0.2) is 14.4 Å². The number of H-pyrrole nitrogens is 1. The lowest BCUT2D eigenvalue weighted by molar-refractivity contribution is -0.291. The number of aromatic amines is 1. The highest BCUT2D eigenvalue weighted by Gasteiger charge is 2.62. The average molecular weight is 578 g/mol. The van der Waals surface area contributed by atoms with E-state index in [2.05, 4.69) is 15.0 Å². The number of nitrogens with one attached hydrogen (secondary N) is 1. The van der Waals surface area contributed by atoms with Gasteiger partial charge in [-0.1, -0.05) is 11.6 Å². The summed E-state index contributed by atoms with van der Waals surface area (Å²) in [5.74, 6) is -11.3. The van der Waals surface area contributed by atoms with E-state index >= 15 is 0 Å². The Morgan fingerprint density at radius 3 is 2.49 bits per heavy atom. The van der Waals surface area contributed by atoms with Crippen molar-refractivity contribution in [2.24, 2.45) is 0 Å². The lowest BCUT2D eigenvalue weighted by atomic mass is 10.2. The number of aryl methyl sites for hydroxylation is 2. The van der Waals surface area contributed by atoms with Gasteiger partial charge in [-0.05, 0) is 13.0 Å². The van der Waals surface area contributed by atoms with Gasteiger partial charge in [0.25, 0.3) is 11.1 Å². The molecule has 2 heterocycles. The Labute approximate surface area is 218 Å². The summed E-state index contributed by atoms with van der Waals surface area (Å²) in [6, 6.07) is 2.83. The zero-order valence-electron chi connectivity index (χ0n) is 19.4. The highest BCUT2D eigenvalue weighted by Crippen LogP contribution is 2.46. The number of carbonyl (C=O) groups is 1. The van der Waals surface area contributed by atoms with Gasteiger partial charge in [0.2, 0.25) is 5.75 Å². The summed E-state index contributed by atoms with van der Waals surface area (Å²) in [6.45, 7) is 0.552. The van der Waals surface area contributed by atoms with Gasteiger partial charge >= 0.3 is 18.1 Å². The molecule has 2 N–H and O–H groups in total. The van der Waals surface area contributed by atoms with Gasteiger partial charge in [-0.2, -0.15) is 27.2 Å². The van der Waals surface area contributed by atoms with E-state index in [0.29, 0.717) is 17.0 Å². The van der Waals surface area contributed by atoms with Gasteiger partial charge in [0, 0.05) is 23.2 Å². The van der Waals surface area contributed by atoms with E-state index in [0.717, 1.165) is 6.07 Å². The Bertz CT molecular complexity index is 1610. The predicted molar refractivity (Wildman–Crippen MR) is 119 cm³/mol. The molecule has 0 radical (unpaired) electrons. The van der Waals surface area contributed by atoms with Crippen LogP contribution in [0.4, 0.5) is 26.3 Å². The minimum absolute atomic E-state index is 0.0111. The lowest BCUT2D eigenvalue weighted by Crippen LogP contribution is -2.38. The molecule has 10 nitrogen and oxygen atoms in total. The molecule has 3 rings (SSSR count). The molecule has 0 fully saturated rings. The number of nitrogens with zero attached hydrogens (tertiary/aromatic N) is 4. The fraction of sp³-hybridized carbons (Fsp3) is 0.273. The van der Waals surface area contributed by atoms with Crippen LogP contribution in [0.25, 0.3) is 0 Å². The molecule has 0 amide bonds. The number of aliphatic carboxylic acids is 1. The summed E-state index contributed by atoms with van der Waals surface area (Å²) in [5, 5.41) is 17.4. The van der Waals surface area contributed by atoms with Crippen LogP contribution in [0.2, 0.25) is 5.02 Å². The van der Waals surface area contributed by atoms with Crippen molar-refractivity contribution < 1.29 is 41.0 Å². The maximum atomic E-state index is 14.6. The van der Waals surface area contributed by atoms with Crippen molar-refractivity contribution in [1.82, 2.24) is 19.5 Å². The van der Waals surface area contributed by atoms with Gasteiger partial charge in [-0.3, -0.25) is 19.0 Å². The van der Waals surface area contributed by atoms with Gasteiger partial charge in [0.1, 0.15) is 11.9 Å². The molecule has 0 atom stereocenters. The molecule has 1 aromatic carbocycles. The number of halogens is 7. The molecule has 0 spiro atoms. The fourth-order valence-electron chi connectivity index (χ4n) is 3.23. The zero-order chi connectivity index (χ0) is 29.3. The van der Waals surface area contributed by atoms with Gasteiger partial charge in [0.15, 0.2) is 17.3 Å². The molecular weight excluding hydrogens is 564 g/mol. The number of ether oxygens (including phenoxy) is 1. The first kappa shape index (κ1) is 29.2. The van der Waals surface area contributed by atoms with Crippen LogP contribution in [0.3, 0.4) is 0 Å². The van der Waals surface area contributed by atoms with Crippen LogP contribution < -0.4 is 15.9 Å². The van der Waals surface area contributed by atoms with Crippen LogP contribution in [0.15, 0.2) is 28.0 Å². The molecule has 39 heavy (non-hydrogen) atoms. The first-order valence-corrected chi connectivity index (χ1v) is 10.9. The van der Waals surface area contributed by atoms with E-state index in [-0.39, 0.29) is 34.9 Å². The summed E-state index contributed by atoms with van der Waals surface area (Å²) in [6.07, 6.45) is -6.46. The number of alkyl halides is 5. The molecule has 0 unspecified atom stereocenters. The number of nitriles is 1. The Morgan fingerprint density at radius 2 is 1.92 bits per heavy atom. The molecular formula is C22H14ClF6N5O5. The molecule has 3 aromatic rings. The van der Waals surface area contributed by atoms with Crippen molar-refractivity contribution >= 4 is 17.6 Å². The normalized spacial score (nSPS) is 11.8. The van der Waals surface area contributed by atoms with Gasteiger partial charge in [-0.15, -0.1) is 0 Å². The minimum Gasteiger partial charge on any atom is -0.481 e. The molecule has 2 aromatic heterocycles. The first-order valence-electron chi connectivity index (χ1n) is 10.5. The number of benzene rings is 1. The first-order chi connectivity index (χ1) is 18.1. The number of carboxylic acids is 1. The monoisotopic (exact) mass is 577 g/mol. The van der Waals surface area contributed by atoms with Crippen molar-refractivity contribution in [2.45, 2.75) is 38.4 Å². The third-order valence-corrected chi connectivity index (χ3v) is 5.38. The van der Waals surface area contributed by atoms with Crippen molar-refractivity contribution in [3.8, 4) is 17.6 Å². The average Bonchev–Trinajstić information content (AvgIpc) is 2.83. The summed E-state index contributed by atoms with van der Waals surface area (Å²) >= 11 is 5.73. The summed E-state index contributed by atoms with van der Waals surface area (Å²) < 4.78 is 87.9. The number of hydrogen-bond acceptors (Lipinski definition) is 7. The number of carboxylic acid groups (broad SMARTS) is 1. The smallest absolute Gasteiger partial charge is 0.459 e. The quantitative estimate of drug-likeness (QED) is 0.384. The van der Waals surface area contributed by atoms with E-state index in [1.54, 1.807) is 0 Å². The van der Waals surface area contributed by atoms with Crippen molar-refractivity contribution in [1.29, 1.82) is 5.26 Å². The Hall–Kier alpha value is -4.39. The third kappa shape index (κ3) is 6.03. The van der Waals surface area contributed by atoms with Crippen LogP contribution in [-0.4, -0.2) is 36.8 Å². The second kappa shape index (κ2) is 10.8. The Morgan fingerprint density at radius 1 is 1.26 bits per heavy atom. The zero-order valence-corrected chi connectivity index (χ0v) is 20.1. The van der Waals surface area contributed by atoms with Crippen LogP contribution in [0.1, 0.15) is 34.8 Å². The third-order valence-electron chi connectivity index (χ3n) is 5.16. The second-order valence-corrected chi connectivity index (χ2v) is 8.31. The standard InChI is InChI=1S/C22H14ClF6N5O5/c1-9-12(19(37)33-14(32-9)2-3-15(35)36)7-34-8-31-18(21(25,26)22(27,28)29)17(20(34)38)39-13-5-11(23)4-10(6-30)16(13)24/h4-5,8H,2-3,7H2,1H3,(H,35,36)(H,32,33,37). The molecule has 0 saturated carbocycles. The van der Waals surface area contributed by atoms with E-state index in [9.17, 15) is 40.7 Å². The van der Waals surface area contributed by atoms with Crippen molar-refractivity contribution in [2.75, 3.05) is 0 Å². The van der Waals surface area contributed by atoms with Crippen LogP contribution in [0.5, 0.6) is 11.5 Å². The molecule has 0 aliphatic rings. The predicted octanol–water partition coefficient (Wildman–Crippen LogP) is 3.81. The Kier molecular flexibility index (Phi) is 8.05. The van der Waals surface area contributed by atoms with Crippen LogP contribution in [0, 0.1) is 24.1 Å². The topological polar surface area (TPSA) is 151 Å². The van der Waals surface area contributed by atoms with E-state index in [1.807, 2.05) is 0 Å². The maximum Gasteiger partial charge on any atom is 0.459 e. The summed E-state index contributed by atoms with van der Waals surface area (Å²) in [7, 11) is 0. The molecule has 206 valence electrons. The lowest BCUT2D eigenvalue weighted by Gasteiger charge is -2.22. The molecule has 0 bridgehead atoms. The van der Waals surface area contributed by atoms with E-state index < -0.39 is 64.3 Å². The van der Waals surface area contributed by atoms with Crippen molar-refractivity contribution in [3.63, 3.8) is 0 Å². The van der Waals surface area contributed by atoms with Gasteiger partial charge in [0.05, 0.1) is 30.4 Å². The number of rotatable bonds is 8. The minimum atomic E-state index is -6.25. The second-order valence-electron chi connectivity index (χ2n) is 7.88. The number of aromatic nitrogens is 4. The van der Waals surface area contributed by atoms with E-state index in [4.69, 9.17) is 26.7 Å². The largest absolute Gasteiger partial charge is 0.481 e. The fourth-order valence-corrected chi connectivity index (χ4v) is 3.44. The van der Waals surface area contributed by atoms with Crippen LogP contribution >= 0.6 is 11.6 Å². The van der Waals surface area contributed by atoms with E-state index in [1.165, 1.54) is 13.0 Å². The van der Waals surface area contributed by atoms with Crippen molar-refractivity contribution in [3.05, 3.63) is 78.3 Å². The highest BCUT2D eigenvalue weighted by molar-refractivity contribution is 6.30. The highest BCUT2D eigenvalue weighted by atomic mass is 35.5. The number of hydrogen-bond donors (Lipinski definition) is 2. The summed E-state index contributed by atoms with van der Waals surface area (Å²) in [4.78, 5) is 45.7. The SMILES string of the molecule is Cc1nc(CCC(=O)O)[nH]c(=O)c1Cn1cnc(C(F)(F)C(F)(F)F)c(Oc2cc(Cl)cc(C#N)c2F)c1=O. The van der Waals surface area contributed by atoms with Gasteiger partial charge < -0.3 is 14.8 Å². The molecule has 17 heteroatoms. The molecule has 0 aliphatic heterocycles.